The van der Waals surface area contributed by atoms with Gasteiger partial charge in [0.2, 0.25) is 0 Å². The zero-order valence-corrected chi connectivity index (χ0v) is 10.1. The number of hydrogen-bond acceptors (Lipinski definition) is 4. The highest BCUT2D eigenvalue weighted by Crippen LogP contribution is 2.29. The minimum Gasteiger partial charge on any atom is -0.496 e. The SMILES string of the molecule is COc1cc(OC2CCCO2)cc(C)c1C=O. The summed E-state index contributed by atoms with van der Waals surface area (Å²) >= 11 is 0. The van der Waals surface area contributed by atoms with E-state index >= 15 is 0 Å². The van der Waals surface area contributed by atoms with Crippen molar-refractivity contribution in [3.8, 4) is 11.5 Å². The molecule has 1 fully saturated rings. The molecule has 0 bridgehead atoms. The van der Waals surface area contributed by atoms with Crippen LogP contribution >= 0.6 is 0 Å². The zero-order valence-electron chi connectivity index (χ0n) is 10.1. The standard InChI is InChI=1S/C13H16O4/c1-9-6-10(17-13-4-3-5-16-13)7-12(15-2)11(9)8-14/h6-8,13H,3-5H2,1-2H3. The van der Waals surface area contributed by atoms with E-state index in [1.165, 1.54) is 7.11 Å². The first-order valence-corrected chi connectivity index (χ1v) is 5.66. The lowest BCUT2D eigenvalue weighted by Crippen LogP contribution is -2.14. The third-order valence-corrected chi connectivity index (χ3v) is 2.82. The fourth-order valence-corrected chi connectivity index (χ4v) is 1.91. The molecule has 1 saturated heterocycles. The summed E-state index contributed by atoms with van der Waals surface area (Å²) in [4.78, 5) is 10.9. The molecular formula is C13H16O4. The molecule has 0 radical (unpaired) electrons. The zero-order chi connectivity index (χ0) is 12.3. The highest BCUT2D eigenvalue weighted by molar-refractivity contribution is 5.82. The van der Waals surface area contributed by atoms with Crippen molar-refractivity contribution in [2.24, 2.45) is 0 Å². The first-order chi connectivity index (χ1) is 8.24. The van der Waals surface area contributed by atoms with Crippen LogP contribution in [0, 0.1) is 6.92 Å². The first-order valence-electron chi connectivity index (χ1n) is 5.66. The van der Waals surface area contributed by atoms with Gasteiger partial charge in [-0.05, 0) is 25.0 Å². The van der Waals surface area contributed by atoms with Crippen LogP contribution in [-0.4, -0.2) is 26.3 Å². The minimum absolute atomic E-state index is 0.179. The van der Waals surface area contributed by atoms with E-state index < -0.39 is 0 Å². The molecule has 1 aromatic rings. The van der Waals surface area contributed by atoms with Gasteiger partial charge in [-0.25, -0.2) is 0 Å². The van der Waals surface area contributed by atoms with E-state index in [1.807, 2.05) is 13.0 Å². The summed E-state index contributed by atoms with van der Waals surface area (Å²) < 4.78 is 16.2. The summed E-state index contributed by atoms with van der Waals surface area (Å²) in [7, 11) is 1.54. The van der Waals surface area contributed by atoms with Gasteiger partial charge in [0.1, 0.15) is 11.5 Å². The Morgan fingerprint density at radius 2 is 2.29 bits per heavy atom. The maximum atomic E-state index is 10.9. The summed E-state index contributed by atoms with van der Waals surface area (Å²) in [6.07, 6.45) is 2.54. The largest absolute Gasteiger partial charge is 0.496 e. The Bertz CT molecular complexity index is 408. The van der Waals surface area contributed by atoms with Crippen LogP contribution in [0.2, 0.25) is 0 Å². The van der Waals surface area contributed by atoms with Crippen LogP contribution in [0.4, 0.5) is 0 Å². The second-order valence-electron chi connectivity index (χ2n) is 4.03. The Morgan fingerprint density at radius 1 is 1.47 bits per heavy atom. The van der Waals surface area contributed by atoms with E-state index in [0.717, 1.165) is 31.3 Å². The van der Waals surface area contributed by atoms with Crippen molar-refractivity contribution in [3.63, 3.8) is 0 Å². The predicted octanol–water partition coefficient (Wildman–Crippen LogP) is 2.33. The van der Waals surface area contributed by atoms with Gasteiger partial charge in [0.15, 0.2) is 12.6 Å². The van der Waals surface area contributed by atoms with Crippen molar-refractivity contribution >= 4 is 6.29 Å². The monoisotopic (exact) mass is 236 g/mol. The topological polar surface area (TPSA) is 44.8 Å². The highest BCUT2D eigenvalue weighted by Gasteiger charge is 2.18. The lowest BCUT2D eigenvalue weighted by atomic mass is 10.1. The van der Waals surface area contributed by atoms with Gasteiger partial charge in [-0.3, -0.25) is 4.79 Å². The van der Waals surface area contributed by atoms with Crippen molar-refractivity contribution in [1.29, 1.82) is 0 Å². The third-order valence-electron chi connectivity index (χ3n) is 2.82. The normalized spacial score (nSPS) is 19.1. The van der Waals surface area contributed by atoms with Crippen LogP contribution in [0.3, 0.4) is 0 Å². The number of carbonyl (C=O) groups is 1. The third kappa shape index (κ3) is 2.58. The molecule has 1 unspecified atom stereocenters. The fourth-order valence-electron chi connectivity index (χ4n) is 1.91. The minimum atomic E-state index is -0.179. The van der Waals surface area contributed by atoms with E-state index in [1.54, 1.807) is 6.07 Å². The van der Waals surface area contributed by atoms with Gasteiger partial charge in [0.25, 0.3) is 0 Å². The number of carbonyl (C=O) groups excluding carboxylic acids is 1. The molecule has 1 aliphatic rings. The number of aryl methyl sites for hydroxylation is 1. The summed E-state index contributed by atoms with van der Waals surface area (Å²) in [5.41, 5.74) is 1.40. The van der Waals surface area contributed by atoms with Gasteiger partial charge in [-0.2, -0.15) is 0 Å². The van der Waals surface area contributed by atoms with E-state index in [-0.39, 0.29) is 6.29 Å². The Labute approximate surface area is 100 Å². The summed E-state index contributed by atoms with van der Waals surface area (Å²) in [5.74, 6) is 1.21. The number of hydrogen-bond donors (Lipinski definition) is 0. The number of ether oxygens (including phenoxy) is 3. The van der Waals surface area contributed by atoms with E-state index in [4.69, 9.17) is 14.2 Å². The molecule has 92 valence electrons. The van der Waals surface area contributed by atoms with E-state index in [0.29, 0.717) is 17.1 Å². The van der Waals surface area contributed by atoms with Crippen LogP contribution in [-0.2, 0) is 4.74 Å². The number of aldehydes is 1. The maximum absolute atomic E-state index is 10.9. The van der Waals surface area contributed by atoms with Gasteiger partial charge in [0.05, 0.1) is 19.3 Å². The number of benzene rings is 1. The molecule has 1 atom stereocenters. The molecule has 0 spiro atoms. The summed E-state index contributed by atoms with van der Waals surface area (Å²) in [6.45, 7) is 2.60. The Hall–Kier alpha value is -1.55. The van der Waals surface area contributed by atoms with Crippen LogP contribution in [0.25, 0.3) is 0 Å². The molecule has 1 aliphatic heterocycles. The summed E-state index contributed by atoms with van der Waals surface area (Å²) in [6, 6.07) is 3.55. The number of methoxy groups -OCH3 is 1. The predicted molar refractivity (Wildman–Crippen MR) is 62.7 cm³/mol. The highest BCUT2D eigenvalue weighted by atomic mass is 16.7. The van der Waals surface area contributed by atoms with Crippen LogP contribution < -0.4 is 9.47 Å². The molecule has 4 heteroatoms. The maximum Gasteiger partial charge on any atom is 0.199 e. The van der Waals surface area contributed by atoms with Crippen molar-refractivity contribution in [2.75, 3.05) is 13.7 Å². The van der Waals surface area contributed by atoms with Gasteiger partial charge in [-0.15, -0.1) is 0 Å². The lowest BCUT2D eigenvalue weighted by Gasteiger charge is -2.15. The quantitative estimate of drug-likeness (QED) is 0.753. The second-order valence-corrected chi connectivity index (χ2v) is 4.03. The smallest absolute Gasteiger partial charge is 0.199 e. The molecule has 1 aromatic carbocycles. The van der Waals surface area contributed by atoms with Crippen molar-refractivity contribution in [2.45, 2.75) is 26.1 Å². The molecule has 2 rings (SSSR count). The van der Waals surface area contributed by atoms with E-state index in [9.17, 15) is 4.79 Å². The van der Waals surface area contributed by atoms with Gasteiger partial charge in [-0.1, -0.05) is 0 Å². The van der Waals surface area contributed by atoms with Gasteiger partial charge >= 0.3 is 0 Å². The molecule has 1 heterocycles. The van der Waals surface area contributed by atoms with Crippen LogP contribution in [0.1, 0.15) is 28.8 Å². The van der Waals surface area contributed by atoms with Gasteiger partial charge in [0, 0.05) is 12.5 Å². The van der Waals surface area contributed by atoms with Crippen molar-refractivity contribution in [1.82, 2.24) is 0 Å². The Kier molecular flexibility index (Phi) is 3.64. The first kappa shape index (κ1) is 11.9. The molecule has 0 N–H and O–H groups in total. The van der Waals surface area contributed by atoms with E-state index in [2.05, 4.69) is 0 Å². The Balaban J connectivity index is 2.22. The van der Waals surface area contributed by atoms with Crippen LogP contribution in [0.5, 0.6) is 11.5 Å². The molecule has 0 aromatic heterocycles. The average Bonchev–Trinajstić information content (AvgIpc) is 2.81. The fraction of sp³-hybridized carbons (Fsp3) is 0.462. The molecule has 0 aliphatic carbocycles. The lowest BCUT2D eigenvalue weighted by molar-refractivity contribution is -0.0391. The van der Waals surface area contributed by atoms with Crippen molar-refractivity contribution < 1.29 is 19.0 Å². The van der Waals surface area contributed by atoms with Crippen molar-refractivity contribution in [3.05, 3.63) is 23.3 Å². The molecule has 17 heavy (non-hydrogen) atoms. The molecular weight excluding hydrogens is 220 g/mol. The van der Waals surface area contributed by atoms with Gasteiger partial charge < -0.3 is 14.2 Å². The average molecular weight is 236 g/mol. The van der Waals surface area contributed by atoms with Crippen LogP contribution in [0.15, 0.2) is 12.1 Å². The summed E-state index contributed by atoms with van der Waals surface area (Å²) in [5, 5.41) is 0. The molecule has 0 saturated carbocycles. The molecule has 0 amide bonds. The Morgan fingerprint density at radius 3 is 2.88 bits per heavy atom. The number of rotatable bonds is 4. The second kappa shape index (κ2) is 5.19. The molecule has 4 nitrogen and oxygen atoms in total.